The molecule has 0 unspecified atom stereocenters. The number of nitrogens with zero attached hydrogens (tertiary/aromatic N) is 8. The van der Waals surface area contributed by atoms with Crippen LogP contribution in [-0.2, 0) is 20.6 Å². The van der Waals surface area contributed by atoms with Crippen molar-refractivity contribution in [2.24, 2.45) is 20.0 Å². The number of aromatic nitrogens is 7. The zero-order chi connectivity index (χ0) is 22.2. The molecule has 0 radical (unpaired) electrons. The zero-order valence-corrected chi connectivity index (χ0v) is 18.0. The molecule has 0 bridgehead atoms. The van der Waals surface area contributed by atoms with Gasteiger partial charge in [0.2, 0.25) is 5.95 Å². The minimum absolute atomic E-state index is 0.0630. The first-order valence-corrected chi connectivity index (χ1v) is 10.6. The van der Waals surface area contributed by atoms with E-state index in [0.717, 1.165) is 31.5 Å². The van der Waals surface area contributed by atoms with Gasteiger partial charge in [0.1, 0.15) is 5.39 Å². The third-order valence-electron chi connectivity index (χ3n) is 6.14. The Hall–Kier alpha value is -3.82. The van der Waals surface area contributed by atoms with Crippen molar-refractivity contribution in [2.45, 2.75) is 19.4 Å². The standard InChI is InChI=1S/C22H24N8O2/c1-27-21(32)17-12-25-28(2)20(17)26-22(27)29-8-5-15(6-9-29)13-30-14-24-18(10-19(30)31)16-4-3-7-23-11-16/h3-4,7,10-12,14-15H,5-6,8-9,13H2,1-2H3. The number of piperidine rings is 1. The molecule has 0 N–H and O–H groups in total. The van der Waals surface area contributed by atoms with E-state index in [-0.39, 0.29) is 11.1 Å². The minimum Gasteiger partial charge on any atom is -0.342 e. The third-order valence-corrected chi connectivity index (χ3v) is 6.14. The predicted molar refractivity (Wildman–Crippen MR) is 120 cm³/mol. The molecule has 0 amide bonds. The average molecular weight is 432 g/mol. The van der Waals surface area contributed by atoms with Crippen molar-refractivity contribution in [1.29, 1.82) is 0 Å². The van der Waals surface area contributed by atoms with E-state index in [0.29, 0.717) is 35.1 Å². The van der Waals surface area contributed by atoms with Gasteiger partial charge in [-0.05, 0) is 30.9 Å². The van der Waals surface area contributed by atoms with Crippen molar-refractivity contribution < 1.29 is 0 Å². The average Bonchev–Trinajstić information content (AvgIpc) is 3.19. The first kappa shape index (κ1) is 20.1. The van der Waals surface area contributed by atoms with E-state index < -0.39 is 0 Å². The normalized spacial score (nSPS) is 14.9. The second kappa shape index (κ2) is 8.03. The van der Waals surface area contributed by atoms with Crippen molar-refractivity contribution in [3.05, 3.63) is 63.8 Å². The lowest BCUT2D eigenvalue weighted by molar-refractivity contribution is 0.348. The molecule has 0 spiro atoms. The number of aryl methyl sites for hydroxylation is 1. The van der Waals surface area contributed by atoms with Gasteiger partial charge in [-0.25, -0.2) is 4.98 Å². The molecule has 1 aliphatic rings. The maximum Gasteiger partial charge on any atom is 0.265 e. The lowest BCUT2D eigenvalue weighted by Gasteiger charge is -2.33. The van der Waals surface area contributed by atoms with Crippen molar-refractivity contribution in [1.82, 2.24) is 33.9 Å². The highest BCUT2D eigenvalue weighted by molar-refractivity contribution is 5.74. The second-order valence-corrected chi connectivity index (χ2v) is 8.22. The monoisotopic (exact) mass is 432 g/mol. The Morgan fingerprint density at radius 2 is 1.94 bits per heavy atom. The lowest BCUT2D eigenvalue weighted by Crippen LogP contribution is -2.39. The molecule has 1 saturated heterocycles. The highest BCUT2D eigenvalue weighted by Gasteiger charge is 2.24. The number of anilines is 1. The fourth-order valence-electron chi connectivity index (χ4n) is 4.27. The van der Waals surface area contributed by atoms with Crippen LogP contribution in [0.15, 0.2) is 52.7 Å². The molecule has 4 aromatic rings. The van der Waals surface area contributed by atoms with Gasteiger partial charge in [-0.2, -0.15) is 10.1 Å². The van der Waals surface area contributed by atoms with Crippen LogP contribution in [0.5, 0.6) is 0 Å². The Bertz CT molecular complexity index is 1380. The van der Waals surface area contributed by atoms with Crippen LogP contribution in [0.3, 0.4) is 0 Å². The van der Waals surface area contributed by atoms with Gasteiger partial charge in [-0.3, -0.25) is 28.4 Å². The highest BCUT2D eigenvalue weighted by atomic mass is 16.1. The van der Waals surface area contributed by atoms with E-state index in [4.69, 9.17) is 4.98 Å². The van der Waals surface area contributed by atoms with Crippen LogP contribution in [0.1, 0.15) is 12.8 Å². The van der Waals surface area contributed by atoms with Crippen molar-refractivity contribution in [2.75, 3.05) is 18.0 Å². The Labute approximate surface area is 183 Å². The van der Waals surface area contributed by atoms with Gasteiger partial charge in [0, 0.05) is 57.8 Å². The number of hydrogen-bond acceptors (Lipinski definition) is 7. The Kier molecular flexibility index (Phi) is 5.04. The molecule has 0 saturated carbocycles. The summed E-state index contributed by atoms with van der Waals surface area (Å²) in [5.74, 6) is 1.01. The summed E-state index contributed by atoms with van der Waals surface area (Å²) in [5, 5.41) is 4.68. The maximum absolute atomic E-state index is 12.7. The molecule has 0 aromatic carbocycles. The Balaban J connectivity index is 1.29. The molecule has 10 nitrogen and oxygen atoms in total. The summed E-state index contributed by atoms with van der Waals surface area (Å²) in [6.07, 6.45) is 8.38. The van der Waals surface area contributed by atoms with Gasteiger partial charge >= 0.3 is 0 Å². The van der Waals surface area contributed by atoms with Gasteiger partial charge < -0.3 is 4.90 Å². The SMILES string of the molecule is Cn1c(N2CCC(Cn3cnc(-c4cccnc4)cc3=O)CC2)nc2c(cnn2C)c1=O. The fourth-order valence-corrected chi connectivity index (χ4v) is 4.27. The number of hydrogen-bond donors (Lipinski definition) is 0. The van der Waals surface area contributed by atoms with E-state index in [2.05, 4.69) is 20.0 Å². The Morgan fingerprint density at radius 1 is 1.12 bits per heavy atom. The largest absolute Gasteiger partial charge is 0.342 e. The summed E-state index contributed by atoms with van der Waals surface area (Å²) in [5.41, 5.74) is 1.90. The van der Waals surface area contributed by atoms with Gasteiger partial charge in [0.25, 0.3) is 11.1 Å². The van der Waals surface area contributed by atoms with E-state index in [1.54, 1.807) is 58.9 Å². The molecule has 4 aromatic heterocycles. The Morgan fingerprint density at radius 3 is 2.66 bits per heavy atom. The molecule has 0 atom stereocenters. The molecule has 5 rings (SSSR count). The van der Waals surface area contributed by atoms with Gasteiger partial charge in [0.05, 0.1) is 18.2 Å². The van der Waals surface area contributed by atoms with Gasteiger partial charge in [0.15, 0.2) is 5.65 Å². The smallest absolute Gasteiger partial charge is 0.265 e. The molecule has 10 heteroatoms. The van der Waals surface area contributed by atoms with Crippen LogP contribution >= 0.6 is 0 Å². The van der Waals surface area contributed by atoms with Crippen LogP contribution in [0, 0.1) is 5.92 Å². The third kappa shape index (κ3) is 3.57. The molecular weight excluding hydrogens is 408 g/mol. The van der Waals surface area contributed by atoms with E-state index in [1.165, 1.54) is 0 Å². The molecule has 5 heterocycles. The molecule has 1 fully saturated rings. The predicted octanol–water partition coefficient (Wildman–Crippen LogP) is 1.20. The van der Waals surface area contributed by atoms with E-state index >= 15 is 0 Å². The first-order valence-electron chi connectivity index (χ1n) is 10.6. The van der Waals surface area contributed by atoms with Gasteiger partial charge in [-0.1, -0.05) is 0 Å². The van der Waals surface area contributed by atoms with Crippen LogP contribution in [0.25, 0.3) is 22.3 Å². The van der Waals surface area contributed by atoms with Crippen LogP contribution in [0.2, 0.25) is 0 Å². The summed E-state index contributed by atoms with van der Waals surface area (Å²) < 4.78 is 4.90. The first-order chi connectivity index (χ1) is 15.5. The summed E-state index contributed by atoms with van der Waals surface area (Å²) in [4.78, 5) is 40.7. The quantitative estimate of drug-likeness (QED) is 0.477. The maximum atomic E-state index is 12.7. The van der Waals surface area contributed by atoms with Crippen molar-refractivity contribution >= 4 is 17.0 Å². The fraction of sp³-hybridized carbons (Fsp3) is 0.364. The van der Waals surface area contributed by atoms with Crippen LogP contribution in [0.4, 0.5) is 5.95 Å². The van der Waals surface area contributed by atoms with Crippen LogP contribution < -0.4 is 16.0 Å². The topological polar surface area (TPSA) is 104 Å². The van der Waals surface area contributed by atoms with Crippen molar-refractivity contribution in [3.63, 3.8) is 0 Å². The lowest BCUT2D eigenvalue weighted by atomic mass is 9.97. The minimum atomic E-state index is -0.0912. The van der Waals surface area contributed by atoms with Gasteiger partial charge in [-0.15, -0.1) is 0 Å². The molecule has 164 valence electrons. The second-order valence-electron chi connectivity index (χ2n) is 8.22. The molecule has 1 aliphatic heterocycles. The molecular formula is C22H24N8O2. The zero-order valence-electron chi connectivity index (χ0n) is 18.0. The highest BCUT2D eigenvalue weighted by Crippen LogP contribution is 2.23. The summed E-state index contributed by atoms with van der Waals surface area (Å²) in [7, 11) is 3.54. The number of fused-ring (bicyclic) bond motifs is 1. The number of pyridine rings is 1. The van der Waals surface area contributed by atoms with Crippen molar-refractivity contribution in [3.8, 4) is 11.3 Å². The molecule has 0 aliphatic carbocycles. The van der Waals surface area contributed by atoms with E-state index in [9.17, 15) is 9.59 Å². The summed E-state index contributed by atoms with van der Waals surface area (Å²) in [6.45, 7) is 2.16. The van der Waals surface area contributed by atoms with Crippen LogP contribution in [-0.4, -0.2) is 47.0 Å². The summed E-state index contributed by atoms with van der Waals surface area (Å²) >= 11 is 0. The summed E-state index contributed by atoms with van der Waals surface area (Å²) in [6, 6.07) is 5.28. The van der Waals surface area contributed by atoms with E-state index in [1.807, 2.05) is 12.1 Å². The molecule has 32 heavy (non-hydrogen) atoms. The number of rotatable bonds is 4.